The van der Waals surface area contributed by atoms with E-state index in [2.05, 4.69) is 14.7 Å². The highest BCUT2D eigenvalue weighted by Crippen LogP contribution is 2.26. The fourth-order valence-electron chi connectivity index (χ4n) is 1.08. The summed E-state index contributed by atoms with van der Waals surface area (Å²) < 4.78 is 14.3. The molecule has 0 aliphatic rings. The average Bonchev–Trinajstić information content (AvgIpc) is 2.84. The van der Waals surface area contributed by atoms with Crippen LogP contribution < -0.4 is 5.73 Å². The zero-order valence-electron chi connectivity index (χ0n) is 7.76. The van der Waals surface area contributed by atoms with Gasteiger partial charge in [0.1, 0.15) is 0 Å². The summed E-state index contributed by atoms with van der Waals surface area (Å²) in [5.74, 6) is -0.439. The van der Waals surface area contributed by atoms with Crippen LogP contribution in [-0.4, -0.2) is 23.0 Å². The summed E-state index contributed by atoms with van der Waals surface area (Å²) in [5.41, 5.74) is 5.71. The number of nitrogen functional groups attached to an aromatic ring is 1. The van der Waals surface area contributed by atoms with Crippen molar-refractivity contribution < 1.29 is 18.4 Å². The summed E-state index contributed by atoms with van der Waals surface area (Å²) >= 11 is 0. The van der Waals surface area contributed by atoms with E-state index in [1.54, 1.807) is 0 Å². The van der Waals surface area contributed by atoms with Crippen LogP contribution in [0.5, 0.6) is 0 Å². The molecular formula is C8H7N3O4. The lowest BCUT2D eigenvalue weighted by molar-refractivity contribution is 0.0595. The van der Waals surface area contributed by atoms with Crippen molar-refractivity contribution in [3.05, 3.63) is 18.5 Å². The maximum absolute atomic E-state index is 11.3. The molecule has 0 saturated heterocycles. The lowest BCUT2D eigenvalue weighted by Gasteiger charge is -1.96. The number of rotatable bonds is 2. The van der Waals surface area contributed by atoms with Gasteiger partial charge in [-0.15, -0.1) is 0 Å². The van der Waals surface area contributed by atoms with Gasteiger partial charge in [0.2, 0.25) is 5.88 Å². The standard InChI is InChI=1S/C8H7N3O4/c1-13-8(12)5-6(14-2-11-5)4-7(9)15-3-10-4/h2-3H,9H2,1H3. The Kier molecular flexibility index (Phi) is 2.13. The summed E-state index contributed by atoms with van der Waals surface area (Å²) in [6.07, 6.45) is 2.25. The summed E-state index contributed by atoms with van der Waals surface area (Å²) in [5, 5.41) is 0. The fourth-order valence-corrected chi connectivity index (χ4v) is 1.08. The van der Waals surface area contributed by atoms with Crippen LogP contribution in [0.15, 0.2) is 21.6 Å². The third kappa shape index (κ3) is 1.43. The molecular weight excluding hydrogens is 202 g/mol. The Morgan fingerprint density at radius 1 is 1.40 bits per heavy atom. The molecule has 0 aromatic carbocycles. The number of carbonyl (C=O) groups excluding carboxylic acids is 1. The summed E-state index contributed by atoms with van der Waals surface area (Å²) in [6, 6.07) is 0. The van der Waals surface area contributed by atoms with E-state index in [0.29, 0.717) is 0 Å². The van der Waals surface area contributed by atoms with Crippen molar-refractivity contribution in [2.45, 2.75) is 0 Å². The molecule has 2 rings (SSSR count). The summed E-state index contributed by atoms with van der Waals surface area (Å²) in [4.78, 5) is 18.8. The molecule has 2 N–H and O–H groups in total. The van der Waals surface area contributed by atoms with Crippen LogP contribution >= 0.6 is 0 Å². The van der Waals surface area contributed by atoms with Crippen LogP contribution in [0.2, 0.25) is 0 Å². The van der Waals surface area contributed by atoms with Crippen molar-refractivity contribution in [3.63, 3.8) is 0 Å². The maximum Gasteiger partial charge on any atom is 0.360 e. The third-order valence-corrected chi connectivity index (χ3v) is 1.76. The van der Waals surface area contributed by atoms with Gasteiger partial charge in [0.05, 0.1) is 7.11 Å². The monoisotopic (exact) mass is 209 g/mol. The molecule has 15 heavy (non-hydrogen) atoms. The van der Waals surface area contributed by atoms with Crippen molar-refractivity contribution >= 4 is 11.9 Å². The highest BCUT2D eigenvalue weighted by atomic mass is 16.5. The minimum absolute atomic E-state index is 0.0121. The van der Waals surface area contributed by atoms with Crippen LogP contribution in [0.4, 0.5) is 5.88 Å². The number of ether oxygens (including phenoxy) is 1. The Balaban J connectivity index is 2.50. The van der Waals surface area contributed by atoms with Gasteiger partial charge in [0.15, 0.2) is 29.9 Å². The molecule has 7 heteroatoms. The molecule has 7 nitrogen and oxygen atoms in total. The largest absolute Gasteiger partial charge is 0.464 e. The smallest absolute Gasteiger partial charge is 0.360 e. The van der Waals surface area contributed by atoms with Crippen molar-refractivity contribution in [3.8, 4) is 11.5 Å². The number of oxazole rings is 2. The molecule has 0 aliphatic heterocycles. The lowest BCUT2D eigenvalue weighted by atomic mass is 10.2. The van der Waals surface area contributed by atoms with Gasteiger partial charge in [-0.25, -0.2) is 14.8 Å². The van der Waals surface area contributed by atoms with E-state index >= 15 is 0 Å². The Hall–Kier alpha value is -2.31. The lowest BCUT2D eigenvalue weighted by Crippen LogP contribution is -2.03. The van der Waals surface area contributed by atoms with Crippen LogP contribution in [0.3, 0.4) is 0 Å². The Morgan fingerprint density at radius 2 is 2.13 bits per heavy atom. The number of methoxy groups -OCH3 is 1. The second kappa shape index (κ2) is 3.45. The van der Waals surface area contributed by atoms with Crippen LogP contribution in [0.25, 0.3) is 11.5 Å². The minimum atomic E-state index is -0.624. The van der Waals surface area contributed by atoms with Crippen LogP contribution in [-0.2, 0) is 4.74 Å². The summed E-state index contributed by atoms with van der Waals surface area (Å²) in [7, 11) is 1.24. The van der Waals surface area contributed by atoms with Gasteiger partial charge in [0.25, 0.3) is 0 Å². The van der Waals surface area contributed by atoms with E-state index in [1.165, 1.54) is 7.11 Å². The molecule has 0 saturated carbocycles. The summed E-state index contributed by atoms with van der Waals surface area (Å²) in [6.45, 7) is 0. The normalized spacial score (nSPS) is 10.2. The number of nitrogens with zero attached hydrogens (tertiary/aromatic N) is 2. The van der Waals surface area contributed by atoms with Crippen molar-refractivity contribution in [2.24, 2.45) is 0 Å². The first kappa shape index (κ1) is 9.25. The fraction of sp³-hybridized carbons (Fsp3) is 0.125. The maximum atomic E-state index is 11.3. The highest BCUT2D eigenvalue weighted by Gasteiger charge is 2.22. The molecule has 2 aromatic heterocycles. The molecule has 0 amide bonds. The zero-order chi connectivity index (χ0) is 10.8. The number of nitrogens with two attached hydrogens (primary N) is 1. The Bertz CT molecular complexity index is 488. The van der Waals surface area contributed by atoms with E-state index in [4.69, 9.17) is 14.6 Å². The van der Waals surface area contributed by atoms with Gasteiger partial charge in [-0.05, 0) is 0 Å². The molecule has 0 aliphatic carbocycles. The average molecular weight is 209 g/mol. The molecule has 0 atom stereocenters. The predicted molar refractivity (Wildman–Crippen MR) is 47.8 cm³/mol. The van der Waals surface area contributed by atoms with Gasteiger partial charge in [-0.1, -0.05) is 0 Å². The molecule has 0 radical (unpaired) electrons. The molecule has 2 heterocycles. The Morgan fingerprint density at radius 3 is 2.73 bits per heavy atom. The van der Waals surface area contributed by atoms with E-state index in [0.717, 1.165) is 12.8 Å². The van der Waals surface area contributed by atoms with Gasteiger partial charge in [-0.2, -0.15) is 0 Å². The quantitative estimate of drug-likeness (QED) is 0.725. The molecule has 0 spiro atoms. The van der Waals surface area contributed by atoms with Gasteiger partial charge < -0.3 is 19.3 Å². The number of anilines is 1. The molecule has 0 unspecified atom stereocenters. The molecule has 0 bridgehead atoms. The van der Waals surface area contributed by atoms with E-state index < -0.39 is 5.97 Å². The second-order valence-electron chi connectivity index (χ2n) is 2.59. The van der Waals surface area contributed by atoms with Gasteiger partial charge in [0, 0.05) is 0 Å². The number of carbonyl (C=O) groups is 1. The van der Waals surface area contributed by atoms with Crippen molar-refractivity contribution in [1.82, 2.24) is 9.97 Å². The van der Waals surface area contributed by atoms with Crippen molar-refractivity contribution in [1.29, 1.82) is 0 Å². The minimum Gasteiger partial charge on any atom is -0.464 e. The SMILES string of the molecule is COC(=O)c1ncoc1-c1ncoc1N. The third-order valence-electron chi connectivity index (χ3n) is 1.76. The number of esters is 1. The molecule has 78 valence electrons. The Labute approximate surface area is 83.9 Å². The zero-order valence-corrected chi connectivity index (χ0v) is 7.76. The van der Waals surface area contributed by atoms with E-state index in [9.17, 15) is 4.79 Å². The topological polar surface area (TPSA) is 104 Å². The van der Waals surface area contributed by atoms with Gasteiger partial charge >= 0.3 is 5.97 Å². The first-order chi connectivity index (χ1) is 7.24. The van der Waals surface area contributed by atoms with E-state index in [1.807, 2.05) is 0 Å². The van der Waals surface area contributed by atoms with Crippen LogP contribution in [0, 0.1) is 0 Å². The number of aromatic nitrogens is 2. The first-order valence-corrected chi connectivity index (χ1v) is 3.95. The van der Waals surface area contributed by atoms with E-state index in [-0.39, 0.29) is 23.0 Å². The predicted octanol–water partition coefficient (Wildman–Crippen LogP) is 0.698. The van der Waals surface area contributed by atoms with Gasteiger partial charge in [-0.3, -0.25) is 0 Å². The first-order valence-electron chi connectivity index (χ1n) is 3.95. The number of hydrogen-bond donors (Lipinski definition) is 1. The van der Waals surface area contributed by atoms with Crippen molar-refractivity contribution in [2.75, 3.05) is 12.8 Å². The second-order valence-corrected chi connectivity index (χ2v) is 2.59. The molecule has 2 aromatic rings. The molecule has 0 fully saturated rings. The highest BCUT2D eigenvalue weighted by molar-refractivity contribution is 5.93. The number of hydrogen-bond acceptors (Lipinski definition) is 7. The van der Waals surface area contributed by atoms with Crippen LogP contribution in [0.1, 0.15) is 10.5 Å².